The highest BCUT2D eigenvalue weighted by Gasteiger charge is 2.11. The maximum absolute atomic E-state index is 10.6. The van der Waals surface area contributed by atoms with Crippen LogP contribution >= 0.6 is 11.6 Å². The molecule has 0 amide bonds. The minimum Gasteiger partial charge on any atom is -0.465 e. The van der Waals surface area contributed by atoms with Crippen LogP contribution in [0.2, 0.25) is 5.02 Å². The van der Waals surface area contributed by atoms with E-state index in [-0.39, 0.29) is 25.1 Å². The number of benzene rings is 1. The molecule has 0 spiro atoms. The molecule has 1 N–H and O–H groups in total. The zero-order valence-corrected chi connectivity index (χ0v) is 9.20. The second kappa shape index (κ2) is 5.73. The molecule has 82 valence electrons. The molecule has 0 saturated heterocycles. The number of carbonyl (C=O) groups is 1. The fourth-order valence-electron chi connectivity index (χ4n) is 1.21. The smallest absolute Gasteiger partial charge is 0.302 e. The van der Waals surface area contributed by atoms with Crippen molar-refractivity contribution in [2.24, 2.45) is 0 Å². The number of halogens is 1. The molecular weight excluding hydrogens is 216 g/mol. The van der Waals surface area contributed by atoms with E-state index < -0.39 is 0 Å². The Labute approximate surface area is 93.6 Å². The summed E-state index contributed by atoms with van der Waals surface area (Å²) in [6, 6.07) is 7.11. The Hall–Kier alpha value is -1.06. The second-order valence-electron chi connectivity index (χ2n) is 3.23. The van der Waals surface area contributed by atoms with Crippen molar-refractivity contribution in [1.29, 1.82) is 0 Å². The van der Waals surface area contributed by atoms with Gasteiger partial charge in [0.15, 0.2) is 0 Å². The third kappa shape index (κ3) is 3.90. The van der Waals surface area contributed by atoms with Gasteiger partial charge >= 0.3 is 5.97 Å². The molecule has 0 radical (unpaired) electrons. The summed E-state index contributed by atoms with van der Waals surface area (Å²) in [5, 5.41) is 9.78. The predicted octanol–water partition coefficient (Wildman–Crippen LogP) is 1.98. The Kier molecular flexibility index (Phi) is 4.59. The van der Waals surface area contributed by atoms with E-state index in [9.17, 15) is 4.79 Å². The maximum atomic E-state index is 10.6. The van der Waals surface area contributed by atoms with Crippen molar-refractivity contribution >= 4 is 17.6 Å². The molecule has 3 nitrogen and oxygen atoms in total. The van der Waals surface area contributed by atoms with E-state index in [4.69, 9.17) is 21.4 Å². The molecule has 1 aromatic carbocycles. The molecule has 4 heteroatoms. The molecule has 0 unspecified atom stereocenters. The topological polar surface area (TPSA) is 46.5 Å². The molecular formula is C11H13ClO3. The molecule has 0 bridgehead atoms. The summed E-state index contributed by atoms with van der Waals surface area (Å²) in [6.07, 6.45) is 0. The first-order chi connectivity index (χ1) is 7.13. The van der Waals surface area contributed by atoms with Crippen molar-refractivity contribution in [1.82, 2.24) is 0 Å². The van der Waals surface area contributed by atoms with Crippen LogP contribution in [0.25, 0.3) is 0 Å². The average molecular weight is 229 g/mol. The van der Waals surface area contributed by atoms with Crippen LogP contribution in [-0.4, -0.2) is 24.3 Å². The molecule has 0 aliphatic rings. The first-order valence-electron chi connectivity index (χ1n) is 4.63. The van der Waals surface area contributed by atoms with Gasteiger partial charge in [-0.15, -0.1) is 0 Å². The normalized spacial score (nSPS) is 12.2. The van der Waals surface area contributed by atoms with Gasteiger partial charge < -0.3 is 9.84 Å². The largest absolute Gasteiger partial charge is 0.465 e. The van der Waals surface area contributed by atoms with E-state index in [1.54, 1.807) is 12.1 Å². The summed E-state index contributed by atoms with van der Waals surface area (Å²) in [5.41, 5.74) is 0.906. The molecule has 0 aliphatic carbocycles. The van der Waals surface area contributed by atoms with E-state index >= 15 is 0 Å². The van der Waals surface area contributed by atoms with E-state index in [0.29, 0.717) is 5.02 Å². The second-order valence-corrected chi connectivity index (χ2v) is 3.67. The minimum atomic E-state index is -0.345. The molecule has 1 atom stereocenters. The van der Waals surface area contributed by atoms with Crippen molar-refractivity contribution in [2.75, 3.05) is 13.2 Å². The predicted molar refractivity (Wildman–Crippen MR) is 57.9 cm³/mol. The third-order valence-electron chi connectivity index (χ3n) is 2.05. The minimum absolute atomic E-state index is 0.0606. The Morgan fingerprint density at radius 1 is 1.47 bits per heavy atom. The fraction of sp³-hybridized carbons (Fsp3) is 0.364. The van der Waals surface area contributed by atoms with Gasteiger partial charge in [0.05, 0.1) is 6.61 Å². The number of hydrogen-bond donors (Lipinski definition) is 1. The summed E-state index contributed by atoms with van der Waals surface area (Å²) in [4.78, 5) is 10.6. The molecule has 15 heavy (non-hydrogen) atoms. The fourth-order valence-corrected chi connectivity index (χ4v) is 1.33. The highest BCUT2D eigenvalue weighted by molar-refractivity contribution is 6.30. The molecule has 0 saturated carbocycles. The SMILES string of the molecule is CC(=O)OC[C@H](CO)c1ccc(Cl)cc1. The average Bonchev–Trinajstić information content (AvgIpc) is 2.21. The van der Waals surface area contributed by atoms with Crippen molar-refractivity contribution in [2.45, 2.75) is 12.8 Å². The Morgan fingerprint density at radius 3 is 2.53 bits per heavy atom. The van der Waals surface area contributed by atoms with E-state index in [2.05, 4.69) is 0 Å². The van der Waals surface area contributed by atoms with Crippen molar-refractivity contribution < 1.29 is 14.6 Å². The zero-order valence-electron chi connectivity index (χ0n) is 8.44. The van der Waals surface area contributed by atoms with Crippen LogP contribution in [0.15, 0.2) is 24.3 Å². The van der Waals surface area contributed by atoms with E-state index in [1.165, 1.54) is 6.92 Å². The molecule has 0 fully saturated rings. The van der Waals surface area contributed by atoms with Gasteiger partial charge in [0.25, 0.3) is 0 Å². The lowest BCUT2D eigenvalue weighted by atomic mass is 10.0. The zero-order chi connectivity index (χ0) is 11.3. The van der Waals surface area contributed by atoms with Crippen molar-refractivity contribution in [3.8, 4) is 0 Å². The highest BCUT2D eigenvalue weighted by atomic mass is 35.5. The van der Waals surface area contributed by atoms with Crippen LogP contribution in [0.4, 0.5) is 0 Å². The van der Waals surface area contributed by atoms with E-state index in [0.717, 1.165) is 5.56 Å². The van der Waals surface area contributed by atoms with Gasteiger partial charge in [0, 0.05) is 17.9 Å². The van der Waals surface area contributed by atoms with Crippen LogP contribution < -0.4 is 0 Å². The first kappa shape index (κ1) is 12.0. The number of aliphatic hydroxyl groups excluding tert-OH is 1. The summed E-state index contributed by atoms with van der Waals surface area (Å²) < 4.78 is 4.85. The van der Waals surface area contributed by atoms with Crippen LogP contribution in [0.5, 0.6) is 0 Å². The third-order valence-corrected chi connectivity index (χ3v) is 2.30. The Morgan fingerprint density at radius 2 is 2.07 bits per heavy atom. The van der Waals surface area contributed by atoms with Gasteiger partial charge in [0.1, 0.15) is 6.61 Å². The van der Waals surface area contributed by atoms with Crippen LogP contribution in [-0.2, 0) is 9.53 Å². The summed E-state index contributed by atoms with van der Waals surface area (Å²) in [7, 11) is 0. The van der Waals surface area contributed by atoms with Gasteiger partial charge in [-0.3, -0.25) is 4.79 Å². The molecule has 1 rings (SSSR count). The number of esters is 1. The van der Waals surface area contributed by atoms with Gasteiger partial charge in [-0.2, -0.15) is 0 Å². The van der Waals surface area contributed by atoms with Gasteiger partial charge in [0.2, 0.25) is 0 Å². The number of rotatable bonds is 4. The molecule has 0 aromatic heterocycles. The summed E-state index contributed by atoms with van der Waals surface area (Å²) in [5.74, 6) is -0.534. The number of ether oxygens (including phenoxy) is 1. The van der Waals surface area contributed by atoms with Crippen molar-refractivity contribution in [3.63, 3.8) is 0 Å². The summed E-state index contributed by atoms with van der Waals surface area (Å²) >= 11 is 5.74. The lowest BCUT2D eigenvalue weighted by Gasteiger charge is -2.14. The lowest BCUT2D eigenvalue weighted by molar-refractivity contribution is -0.141. The highest BCUT2D eigenvalue weighted by Crippen LogP contribution is 2.18. The monoisotopic (exact) mass is 228 g/mol. The van der Waals surface area contributed by atoms with Crippen LogP contribution in [0.3, 0.4) is 0 Å². The maximum Gasteiger partial charge on any atom is 0.302 e. The number of aliphatic hydroxyl groups is 1. The van der Waals surface area contributed by atoms with E-state index in [1.807, 2.05) is 12.1 Å². The number of hydrogen-bond acceptors (Lipinski definition) is 3. The van der Waals surface area contributed by atoms with Gasteiger partial charge in [-0.05, 0) is 17.7 Å². The van der Waals surface area contributed by atoms with Crippen molar-refractivity contribution in [3.05, 3.63) is 34.9 Å². The quantitative estimate of drug-likeness (QED) is 0.802. The molecule has 1 aromatic rings. The van der Waals surface area contributed by atoms with Gasteiger partial charge in [-0.1, -0.05) is 23.7 Å². The van der Waals surface area contributed by atoms with Gasteiger partial charge in [-0.25, -0.2) is 0 Å². The number of carbonyl (C=O) groups excluding carboxylic acids is 1. The van der Waals surface area contributed by atoms with Crippen LogP contribution in [0.1, 0.15) is 18.4 Å². The molecule has 0 heterocycles. The lowest BCUT2D eigenvalue weighted by Crippen LogP contribution is -2.14. The standard InChI is InChI=1S/C11H13ClO3/c1-8(14)15-7-10(6-13)9-2-4-11(12)5-3-9/h2-5,10,13H,6-7H2,1H3/t10-/m0/s1. The van der Waals surface area contributed by atoms with Crippen LogP contribution in [0, 0.1) is 0 Å². The Bertz CT molecular complexity index is 321. The summed E-state index contributed by atoms with van der Waals surface area (Å²) in [6.45, 7) is 1.47. The first-order valence-corrected chi connectivity index (χ1v) is 5.01. The Balaban J connectivity index is 2.65. The molecule has 0 aliphatic heterocycles.